The number of rotatable bonds is 3. The zero-order valence-corrected chi connectivity index (χ0v) is 15.9. The maximum atomic E-state index is 13.1. The predicted molar refractivity (Wildman–Crippen MR) is 107 cm³/mol. The Kier molecular flexibility index (Phi) is 4.86. The summed E-state index contributed by atoms with van der Waals surface area (Å²) in [5, 5.41) is 1.03. The second kappa shape index (κ2) is 7.45. The first-order valence-corrected chi connectivity index (χ1v) is 9.39. The molecule has 1 aromatic carbocycles. The van der Waals surface area contributed by atoms with E-state index in [-0.39, 0.29) is 5.91 Å². The van der Waals surface area contributed by atoms with Crippen LogP contribution in [-0.2, 0) is 6.54 Å². The summed E-state index contributed by atoms with van der Waals surface area (Å²) in [4.78, 5) is 26.2. The van der Waals surface area contributed by atoms with E-state index >= 15 is 0 Å². The Hall–Kier alpha value is -2.79. The van der Waals surface area contributed by atoms with Crippen LogP contribution in [0, 0.1) is 13.8 Å². The number of amides is 1. The van der Waals surface area contributed by atoms with Gasteiger partial charge in [-0.3, -0.25) is 19.7 Å². The van der Waals surface area contributed by atoms with Gasteiger partial charge in [0.15, 0.2) is 0 Å². The number of pyridine rings is 2. The minimum atomic E-state index is 0.0874. The predicted octanol–water partition coefficient (Wildman–Crippen LogP) is 3.20. The highest BCUT2D eigenvalue weighted by Crippen LogP contribution is 2.20. The second-order valence-corrected chi connectivity index (χ2v) is 7.25. The van der Waals surface area contributed by atoms with Gasteiger partial charge in [0.25, 0.3) is 5.91 Å². The lowest BCUT2D eigenvalue weighted by molar-refractivity contribution is 0.0627. The monoisotopic (exact) mass is 360 g/mol. The molecule has 4 rings (SSSR count). The lowest BCUT2D eigenvalue weighted by Gasteiger charge is -2.35. The molecule has 1 aliphatic rings. The molecule has 3 aromatic rings. The van der Waals surface area contributed by atoms with Gasteiger partial charge in [-0.2, -0.15) is 0 Å². The van der Waals surface area contributed by atoms with Gasteiger partial charge >= 0.3 is 0 Å². The molecule has 1 aliphatic heterocycles. The molecule has 2 aromatic heterocycles. The summed E-state index contributed by atoms with van der Waals surface area (Å²) >= 11 is 0. The molecule has 0 unspecified atom stereocenters. The number of fused-ring (bicyclic) bond motifs is 1. The standard InChI is InChI=1S/C22H24N4O/c1-16-5-6-21-19(12-16)13-20(17(2)24-21)22(27)26-10-8-25(9-11-26)15-18-4-3-7-23-14-18/h3-7,12-14H,8-11,15H2,1-2H3. The zero-order chi connectivity index (χ0) is 18.8. The van der Waals surface area contributed by atoms with Crippen molar-refractivity contribution in [2.45, 2.75) is 20.4 Å². The number of hydrogen-bond donors (Lipinski definition) is 0. The Morgan fingerprint density at radius 3 is 2.63 bits per heavy atom. The smallest absolute Gasteiger partial charge is 0.255 e. The highest BCUT2D eigenvalue weighted by atomic mass is 16.2. The van der Waals surface area contributed by atoms with E-state index in [4.69, 9.17) is 0 Å². The van der Waals surface area contributed by atoms with E-state index in [1.165, 1.54) is 11.1 Å². The molecule has 3 heterocycles. The molecule has 0 bridgehead atoms. The maximum absolute atomic E-state index is 13.1. The van der Waals surface area contributed by atoms with E-state index in [1.807, 2.05) is 36.2 Å². The van der Waals surface area contributed by atoms with Gasteiger partial charge in [-0.1, -0.05) is 17.7 Å². The quantitative estimate of drug-likeness (QED) is 0.720. The molecule has 1 amide bonds. The summed E-state index contributed by atoms with van der Waals surface area (Å²) in [6.07, 6.45) is 3.70. The molecule has 0 aliphatic carbocycles. The molecule has 0 N–H and O–H groups in total. The number of aromatic nitrogens is 2. The molecular formula is C22H24N4O. The number of benzene rings is 1. The van der Waals surface area contributed by atoms with Crippen LogP contribution in [0.2, 0.25) is 0 Å². The summed E-state index contributed by atoms with van der Waals surface area (Å²) in [6.45, 7) is 8.09. The summed E-state index contributed by atoms with van der Waals surface area (Å²) in [5.41, 5.74) is 4.84. The van der Waals surface area contributed by atoms with Crippen molar-refractivity contribution >= 4 is 16.8 Å². The largest absolute Gasteiger partial charge is 0.336 e. The van der Waals surface area contributed by atoms with Gasteiger partial charge in [-0.05, 0) is 43.7 Å². The van der Waals surface area contributed by atoms with Crippen LogP contribution in [0.25, 0.3) is 10.9 Å². The van der Waals surface area contributed by atoms with Gasteiger partial charge in [0.1, 0.15) is 0 Å². The van der Waals surface area contributed by atoms with E-state index in [0.29, 0.717) is 5.56 Å². The summed E-state index contributed by atoms with van der Waals surface area (Å²) in [7, 11) is 0. The minimum Gasteiger partial charge on any atom is -0.336 e. The minimum absolute atomic E-state index is 0.0874. The van der Waals surface area contributed by atoms with Crippen LogP contribution >= 0.6 is 0 Å². The van der Waals surface area contributed by atoms with Gasteiger partial charge in [-0.15, -0.1) is 0 Å². The van der Waals surface area contributed by atoms with Crippen LogP contribution in [0.15, 0.2) is 48.8 Å². The van der Waals surface area contributed by atoms with Gasteiger partial charge in [0.05, 0.1) is 16.8 Å². The van der Waals surface area contributed by atoms with Crippen molar-refractivity contribution in [2.24, 2.45) is 0 Å². The van der Waals surface area contributed by atoms with E-state index in [9.17, 15) is 4.79 Å². The molecule has 1 saturated heterocycles. The average Bonchev–Trinajstić information content (AvgIpc) is 2.69. The van der Waals surface area contributed by atoms with Crippen LogP contribution in [0.1, 0.15) is 27.2 Å². The number of nitrogens with zero attached hydrogens (tertiary/aromatic N) is 4. The first kappa shape index (κ1) is 17.6. The molecular weight excluding hydrogens is 336 g/mol. The van der Waals surface area contributed by atoms with Crippen molar-refractivity contribution in [1.29, 1.82) is 0 Å². The molecule has 27 heavy (non-hydrogen) atoms. The highest BCUT2D eigenvalue weighted by Gasteiger charge is 2.24. The molecule has 0 atom stereocenters. The summed E-state index contributed by atoms with van der Waals surface area (Å²) < 4.78 is 0. The van der Waals surface area contributed by atoms with Gasteiger partial charge < -0.3 is 4.90 Å². The average molecular weight is 360 g/mol. The Balaban J connectivity index is 1.46. The fraction of sp³-hybridized carbons (Fsp3) is 0.318. The fourth-order valence-corrected chi connectivity index (χ4v) is 3.64. The van der Waals surface area contributed by atoms with Crippen molar-refractivity contribution in [3.8, 4) is 0 Å². The Morgan fingerprint density at radius 2 is 1.89 bits per heavy atom. The van der Waals surface area contributed by atoms with Crippen LogP contribution < -0.4 is 0 Å². The third kappa shape index (κ3) is 3.83. The number of carbonyl (C=O) groups excluding carboxylic acids is 1. The summed E-state index contributed by atoms with van der Waals surface area (Å²) in [6, 6.07) is 12.2. The number of aryl methyl sites for hydroxylation is 2. The van der Waals surface area contributed by atoms with Crippen molar-refractivity contribution in [3.05, 3.63) is 71.2 Å². The molecule has 1 fully saturated rings. The molecule has 138 valence electrons. The van der Waals surface area contributed by atoms with Crippen LogP contribution in [0.3, 0.4) is 0 Å². The third-order valence-corrected chi connectivity index (χ3v) is 5.18. The first-order chi connectivity index (χ1) is 13.1. The van der Waals surface area contributed by atoms with Crippen LogP contribution in [-0.4, -0.2) is 51.9 Å². The SMILES string of the molecule is Cc1ccc2nc(C)c(C(=O)N3CCN(Cc4cccnc4)CC3)cc2c1. The lowest BCUT2D eigenvalue weighted by atomic mass is 10.1. The molecule has 0 saturated carbocycles. The van der Waals surface area contributed by atoms with Gasteiger partial charge in [0, 0.05) is 50.5 Å². The first-order valence-electron chi connectivity index (χ1n) is 9.39. The fourth-order valence-electron chi connectivity index (χ4n) is 3.64. The maximum Gasteiger partial charge on any atom is 0.255 e. The lowest BCUT2D eigenvalue weighted by Crippen LogP contribution is -2.48. The third-order valence-electron chi connectivity index (χ3n) is 5.18. The number of carbonyl (C=O) groups is 1. The van der Waals surface area contributed by atoms with Gasteiger partial charge in [-0.25, -0.2) is 0 Å². The number of hydrogen-bond acceptors (Lipinski definition) is 4. The van der Waals surface area contributed by atoms with Crippen LogP contribution in [0.4, 0.5) is 0 Å². The zero-order valence-electron chi connectivity index (χ0n) is 15.9. The second-order valence-electron chi connectivity index (χ2n) is 7.25. The van der Waals surface area contributed by atoms with Crippen molar-refractivity contribution < 1.29 is 4.79 Å². The molecule has 0 radical (unpaired) electrons. The van der Waals surface area contributed by atoms with E-state index in [1.54, 1.807) is 6.20 Å². The van der Waals surface area contributed by atoms with Crippen molar-refractivity contribution in [3.63, 3.8) is 0 Å². The Labute approximate surface area is 159 Å². The summed E-state index contributed by atoms with van der Waals surface area (Å²) in [5.74, 6) is 0.0874. The van der Waals surface area contributed by atoms with Crippen molar-refractivity contribution in [1.82, 2.24) is 19.8 Å². The Morgan fingerprint density at radius 1 is 1.07 bits per heavy atom. The topological polar surface area (TPSA) is 49.3 Å². The number of piperazine rings is 1. The van der Waals surface area contributed by atoms with Gasteiger partial charge in [0.2, 0.25) is 0 Å². The van der Waals surface area contributed by atoms with E-state index in [2.05, 4.69) is 40.0 Å². The van der Waals surface area contributed by atoms with E-state index < -0.39 is 0 Å². The molecule has 5 heteroatoms. The normalized spacial score (nSPS) is 15.3. The molecule has 0 spiro atoms. The molecule has 5 nitrogen and oxygen atoms in total. The van der Waals surface area contributed by atoms with Crippen LogP contribution in [0.5, 0.6) is 0 Å². The highest BCUT2D eigenvalue weighted by molar-refractivity contribution is 5.98. The van der Waals surface area contributed by atoms with E-state index in [0.717, 1.165) is 49.3 Å². The Bertz CT molecular complexity index is 963. The van der Waals surface area contributed by atoms with Crippen molar-refractivity contribution in [2.75, 3.05) is 26.2 Å².